The van der Waals surface area contributed by atoms with E-state index in [1.165, 1.54) is 0 Å². The first-order valence-electron chi connectivity index (χ1n) is 7.10. The largest absolute Gasteiger partial charge is 0.495 e. The Labute approximate surface area is 130 Å². The number of nitrogens with zero attached hydrogens (tertiary/aromatic N) is 1. The fraction of sp³-hybridized carbons (Fsp3) is 0.467. The average Bonchev–Trinajstić information content (AvgIpc) is 2.99. The van der Waals surface area contributed by atoms with E-state index in [1.807, 2.05) is 24.3 Å². The summed E-state index contributed by atoms with van der Waals surface area (Å²) in [6.07, 6.45) is 4.28. The van der Waals surface area contributed by atoms with Crippen LogP contribution in [-0.4, -0.2) is 35.6 Å². The molecule has 0 aromatic heterocycles. The number of thiocarbonyl (C=S) groups is 1. The van der Waals surface area contributed by atoms with Gasteiger partial charge in [0.15, 0.2) is 0 Å². The van der Waals surface area contributed by atoms with Crippen molar-refractivity contribution < 1.29 is 9.53 Å². The summed E-state index contributed by atoms with van der Waals surface area (Å²) in [5, 5.41) is 2.89. The Hall–Kier alpha value is -1.82. The van der Waals surface area contributed by atoms with Crippen molar-refractivity contribution in [3.8, 4) is 5.75 Å². The minimum absolute atomic E-state index is 0.181. The van der Waals surface area contributed by atoms with E-state index in [2.05, 4.69) is 5.32 Å². The standard InChI is InChI=1S/C15H21N3O2S/c1-20-13-9-5-4-8-12(13)17-15(19)18(10-14(16)21)11-6-2-3-7-11/h4-5,8-9,11H,2-3,6-7,10H2,1H3,(H2,16,21)(H,17,19). The van der Waals surface area contributed by atoms with Gasteiger partial charge in [-0.3, -0.25) is 0 Å². The number of benzene rings is 1. The van der Waals surface area contributed by atoms with E-state index < -0.39 is 0 Å². The van der Waals surface area contributed by atoms with E-state index in [0.717, 1.165) is 25.7 Å². The van der Waals surface area contributed by atoms with Crippen LogP contribution in [0, 0.1) is 0 Å². The van der Waals surface area contributed by atoms with Gasteiger partial charge in [-0.25, -0.2) is 4.79 Å². The molecule has 0 heterocycles. The minimum atomic E-state index is -0.181. The number of rotatable bonds is 5. The molecule has 1 aliphatic carbocycles. The number of carbonyl (C=O) groups excluding carboxylic acids is 1. The number of nitrogens with one attached hydrogen (secondary N) is 1. The second kappa shape index (κ2) is 7.26. The topological polar surface area (TPSA) is 67.6 Å². The quantitative estimate of drug-likeness (QED) is 0.821. The lowest BCUT2D eigenvalue weighted by Crippen LogP contribution is -2.45. The molecular formula is C15H21N3O2S. The smallest absolute Gasteiger partial charge is 0.322 e. The van der Waals surface area contributed by atoms with Gasteiger partial charge in [0.2, 0.25) is 0 Å². The molecule has 1 aromatic carbocycles. The number of urea groups is 1. The molecule has 2 amide bonds. The van der Waals surface area contributed by atoms with Crippen molar-refractivity contribution in [1.29, 1.82) is 0 Å². The van der Waals surface area contributed by atoms with Gasteiger partial charge in [0, 0.05) is 6.04 Å². The molecule has 0 aliphatic heterocycles. The predicted molar refractivity (Wildman–Crippen MR) is 87.8 cm³/mol. The molecule has 0 radical (unpaired) electrons. The van der Waals surface area contributed by atoms with Crippen molar-refractivity contribution in [2.24, 2.45) is 5.73 Å². The monoisotopic (exact) mass is 307 g/mol. The predicted octanol–water partition coefficient (Wildman–Crippen LogP) is 2.76. The first kappa shape index (κ1) is 15.6. The van der Waals surface area contributed by atoms with Crippen LogP contribution >= 0.6 is 12.2 Å². The Bertz CT molecular complexity index is 515. The number of methoxy groups -OCH3 is 1. The van der Waals surface area contributed by atoms with Crippen LogP contribution < -0.4 is 15.8 Å². The van der Waals surface area contributed by atoms with Crippen LogP contribution in [0.2, 0.25) is 0 Å². The molecule has 6 heteroatoms. The number of para-hydroxylation sites is 2. The third-order valence-electron chi connectivity index (χ3n) is 3.70. The average molecular weight is 307 g/mol. The number of carbonyl (C=O) groups is 1. The number of ether oxygens (including phenoxy) is 1. The molecule has 3 N–H and O–H groups in total. The highest BCUT2D eigenvalue weighted by Crippen LogP contribution is 2.26. The molecule has 1 saturated carbocycles. The summed E-state index contributed by atoms with van der Waals surface area (Å²) in [6, 6.07) is 7.36. The highest BCUT2D eigenvalue weighted by Gasteiger charge is 2.27. The summed E-state index contributed by atoms with van der Waals surface area (Å²) in [7, 11) is 1.58. The minimum Gasteiger partial charge on any atom is -0.495 e. The fourth-order valence-electron chi connectivity index (χ4n) is 2.69. The first-order valence-corrected chi connectivity index (χ1v) is 7.51. The zero-order chi connectivity index (χ0) is 15.2. The van der Waals surface area contributed by atoms with Crippen LogP contribution in [0.25, 0.3) is 0 Å². The van der Waals surface area contributed by atoms with E-state index in [9.17, 15) is 4.79 Å². The summed E-state index contributed by atoms with van der Waals surface area (Å²) >= 11 is 4.97. The summed E-state index contributed by atoms with van der Waals surface area (Å²) in [5.41, 5.74) is 6.28. The van der Waals surface area contributed by atoms with E-state index in [-0.39, 0.29) is 12.1 Å². The molecule has 1 fully saturated rings. The summed E-state index contributed by atoms with van der Waals surface area (Å²) in [6.45, 7) is 0.307. The van der Waals surface area contributed by atoms with Gasteiger partial charge in [0.05, 0.1) is 24.3 Å². The van der Waals surface area contributed by atoms with Gasteiger partial charge in [-0.05, 0) is 25.0 Å². The molecule has 0 unspecified atom stereocenters. The van der Waals surface area contributed by atoms with Crippen molar-refractivity contribution in [2.45, 2.75) is 31.7 Å². The summed E-state index contributed by atoms with van der Waals surface area (Å²) in [5.74, 6) is 0.632. The van der Waals surface area contributed by atoms with Crippen LogP contribution in [0.15, 0.2) is 24.3 Å². The summed E-state index contributed by atoms with van der Waals surface area (Å²) < 4.78 is 5.25. The van der Waals surface area contributed by atoms with Crippen molar-refractivity contribution in [1.82, 2.24) is 4.90 Å². The van der Waals surface area contributed by atoms with E-state index in [0.29, 0.717) is 23.0 Å². The highest BCUT2D eigenvalue weighted by molar-refractivity contribution is 7.80. The third kappa shape index (κ3) is 4.07. The van der Waals surface area contributed by atoms with E-state index in [4.69, 9.17) is 22.7 Å². The lowest BCUT2D eigenvalue weighted by molar-refractivity contribution is 0.199. The highest BCUT2D eigenvalue weighted by atomic mass is 32.1. The van der Waals surface area contributed by atoms with E-state index in [1.54, 1.807) is 12.0 Å². The molecular weight excluding hydrogens is 286 g/mol. The van der Waals surface area contributed by atoms with E-state index >= 15 is 0 Å². The Morgan fingerprint density at radius 2 is 2.10 bits per heavy atom. The van der Waals surface area contributed by atoms with Crippen molar-refractivity contribution in [3.63, 3.8) is 0 Å². The molecule has 114 valence electrons. The zero-order valence-electron chi connectivity index (χ0n) is 12.2. The Morgan fingerprint density at radius 1 is 1.43 bits per heavy atom. The van der Waals surface area contributed by atoms with Crippen LogP contribution in [0.3, 0.4) is 0 Å². The van der Waals surface area contributed by atoms with Gasteiger partial charge in [-0.2, -0.15) is 0 Å². The molecule has 21 heavy (non-hydrogen) atoms. The summed E-state index contributed by atoms with van der Waals surface area (Å²) in [4.78, 5) is 14.6. The van der Waals surface area contributed by atoms with Crippen molar-refractivity contribution >= 4 is 28.9 Å². The zero-order valence-corrected chi connectivity index (χ0v) is 13.0. The van der Waals surface area contributed by atoms with Gasteiger partial charge in [0.25, 0.3) is 0 Å². The second-order valence-electron chi connectivity index (χ2n) is 5.16. The lowest BCUT2D eigenvalue weighted by atomic mass is 10.2. The van der Waals surface area contributed by atoms with Gasteiger partial charge in [-0.1, -0.05) is 37.2 Å². The third-order valence-corrected chi connectivity index (χ3v) is 3.83. The number of amides is 2. The normalized spacial score (nSPS) is 14.7. The molecule has 1 aliphatic rings. The van der Waals surface area contributed by atoms with Crippen LogP contribution in [-0.2, 0) is 0 Å². The van der Waals surface area contributed by atoms with Crippen LogP contribution in [0.5, 0.6) is 5.75 Å². The maximum Gasteiger partial charge on any atom is 0.322 e. The van der Waals surface area contributed by atoms with Crippen molar-refractivity contribution in [2.75, 3.05) is 19.0 Å². The molecule has 5 nitrogen and oxygen atoms in total. The molecule has 2 rings (SSSR count). The Kier molecular flexibility index (Phi) is 5.38. The fourth-order valence-corrected chi connectivity index (χ4v) is 2.82. The molecule has 0 spiro atoms. The van der Waals surface area contributed by atoms with Crippen LogP contribution in [0.1, 0.15) is 25.7 Å². The molecule has 0 atom stereocenters. The van der Waals surface area contributed by atoms with Gasteiger partial charge in [0.1, 0.15) is 5.75 Å². The first-order chi connectivity index (χ1) is 10.1. The van der Waals surface area contributed by atoms with Crippen molar-refractivity contribution in [3.05, 3.63) is 24.3 Å². The maximum atomic E-state index is 12.5. The van der Waals surface area contributed by atoms with Gasteiger partial charge >= 0.3 is 6.03 Å². The molecule has 0 bridgehead atoms. The Morgan fingerprint density at radius 3 is 2.71 bits per heavy atom. The van der Waals surface area contributed by atoms with Gasteiger partial charge < -0.3 is 20.7 Å². The molecule has 0 saturated heterocycles. The Balaban J connectivity index is 2.12. The second-order valence-corrected chi connectivity index (χ2v) is 5.69. The van der Waals surface area contributed by atoms with Gasteiger partial charge in [-0.15, -0.1) is 0 Å². The molecule has 1 aromatic rings. The number of hydrogen-bond donors (Lipinski definition) is 2. The SMILES string of the molecule is COc1ccccc1NC(=O)N(CC(N)=S)C1CCCC1. The van der Waals surface area contributed by atoms with Crippen LogP contribution in [0.4, 0.5) is 10.5 Å². The maximum absolute atomic E-state index is 12.5. The number of nitrogens with two attached hydrogens (primary N) is 1. The lowest BCUT2D eigenvalue weighted by Gasteiger charge is -2.29. The number of hydrogen-bond acceptors (Lipinski definition) is 3. The number of anilines is 1.